The predicted molar refractivity (Wildman–Crippen MR) is 103 cm³/mol. The van der Waals surface area contributed by atoms with Gasteiger partial charge in [0.05, 0.1) is 35.2 Å². The van der Waals surface area contributed by atoms with Crippen molar-refractivity contribution in [2.45, 2.75) is 31.8 Å². The van der Waals surface area contributed by atoms with Gasteiger partial charge in [0.2, 0.25) is 5.91 Å². The van der Waals surface area contributed by atoms with Crippen LogP contribution >= 0.6 is 11.8 Å². The zero-order valence-corrected chi connectivity index (χ0v) is 16.3. The molecule has 1 heterocycles. The van der Waals surface area contributed by atoms with Crippen molar-refractivity contribution >= 4 is 23.6 Å². The number of carbonyl (C=O) groups excluding carboxylic acids is 2. The van der Waals surface area contributed by atoms with E-state index in [0.29, 0.717) is 10.7 Å². The monoisotopic (exact) mass is 383 g/mol. The maximum absolute atomic E-state index is 12.2. The van der Waals surface area contributed by atoms with E-state index >= 15 is 0 Å². The summed E-state index contributed by atoms with van der Waals surface area (Å²) in [6, 6.07) is 13.0. The summed E-state index contributed by atoms with van der Waals surface area (Å²) in [5.74, 6) is -0.545. The van der Waals surface area contributed by atoms with Crippen LogP contribution in [-0.2, 0) is 9.53 Å². The first kappa shape index (κ1) is 20.5. The van der Waals surface area contributed by atoms with Gasteiger partial charge < -0.3 is 10.1 Å². The number of amides is 1. The number of aryl methyl sites for hydroxylation is 1. The van der Waals surface area contributed by atoms with Crippen LogP contribution in [0.3, 0.4) is 0 Å². The number of benzene rings is 1. The van der Waals surface area contributed by atoms with Crippen LogP contribution in [-0.4, -0.2) is 29.2 Å². The highest BCUT2D eigenvalue weighted by Crippen LogP contribution is 2.23. The van der Waals surface area contributed by atoms with Crippen molar-refractivity contribution in [3.8, 4) is 6.07 Å². The molecule has 0 saturated heterocycles. The number of ether oxygens (including phenoxy) is 1. The SMILES string of the molecule is CCOC(=O)c1cc(C#N)c(SCC(=O)NC(C)c2ccccc2)nc1C. The minimum Gasteiger partial charge on any atom is -0.462 e. The van der Waals surface area contributed by atoms with Gasteiger partial charge in [-0.3, -0.25) is 4.79 Å². The van der Waals surface area contributed by atoms with Gasteiger partial charge >= 0.3 is 5.97 Å². The number of nitrogens with one attached hydrogen (secondary N) is 1. The van der Waals surface area contributed by atoms with Gasteiger partial charge in [0.25, 0.3) is 0 Å². The number of thioether (sulfide) groups is 1. The summed E-state index contributed by atoms with van der Waals surface area (Å²) in [5, 5.41) is 12.7. The molecule has 0 aliphatic rings. The van der Waals surface area contributed by atoms with E-state index in [4.69, 9.17) is 4.74 Å². The summed E-state index contributed by atoms with van der Waals surface area (Å²) in [7, 11) is 0. The molecule has 140 valence electrons. The Hall–Kier alpha value is -2.85. The van der Waals surface area contributed by atoms with Crippen LogP contribution in [0.25, 0.3) is 0 Å². The van der Waals surface area contributed by atoms with Crippen molar-refractivity contribution in [3.05, 3.63) is 58.8 Å². The summed E-state index contributed by atoms with van der Waals surface area (Å²) in [5.41, 5.74) is 1.99. The average molecular weight is 383 g/mol. The quantitative estimate of drug-likeness (QED) is 0.582. The van der Waals surface area contributed by atoms with E-state index in [-0.39, 0.29) is 35.4 Å². The molecular weight excluding hydrogens is 362 g/mol. The molecule has 1 amide bonds. The fraction of sp³-hybridized carbons (Fsp3) is 0.300. The number of carbonyl (C=O) groups is 2. The van der Waals surface area contributed by atoms with E-state index in [1.807, 2.05) is 43.3 Å². The number of nitriles is 1. The van der Waals surface area contributed by atoms with E-state index < -0.39 is 5.97 Å². The van der Waals surface area contributed by atoms with E-state index in [1.165, 1.54) is 17.8 Å². The second-order valence-electron chi connectivity index (χ2n) is 5.79. The smallest absolute Gasteiger partial charge is 0.340 e. The van der Waals surface area contributed by atoms with Crippen molar-refractivity contribution in [1.82, 2.24) is 10.3 Å². The molecule has 2 rings (SSSR count). The summed E-state index contributed by atoms with van der Waals surface area (Å²) in [6.45, 7) is 5.55. The van der Waals surface area contributed by atoms with Crippen LogP contribution < -0.4 is 5.32 Å². The molecule has 0 saturated carbocycles. The summed E-state index contributed by atoms with van der Waals surface area (Å²) in [4.78, 5) is 28.5. The summed E-state index contributed by atoms with van der Waals surface area (Å²) >= 11 is 1.17. The standard InChI is InChI=1S/C20H21N3O3S/c1-4-26-20(25)17-10-16(11-21)19(23-14(17)3)27-12-18(24)22-13(2)15-8-6-5-7-9-15/h5-10,13H,4,12H2,1-3H3,(H,22,24). The molecule has 1 atom stereocenters. The average Bonchev–Trinajstić information content (AvgIpc) is 2.67. The highest BCUT2D eigenvalue weighted by molar-refractivity contribution is 8.00. The number of hydrogen-bond donors (Lipinski definition) is 1. The lowest BCUT2D eigenvalue weighted by Crippen LogP contribution is -2.28. The third-order valence-electron chi connectivity index (χ3n) is 3.81. The van der Waals surface area contributed by atoms with Crippen LogP contribution in [0.4, 0.5) is 0 Å². The molecule has 1 aromatic heterocycles. The van der Waals surface area contributed by atoms with E-state index in [9.17, 15) is 14.9 Å². The highest BCUT2D eigenvalue weighted by Gasteiger charge is 2.17. The fourth-order valence-electron chi connectivity index (χ4n) is 2.43. The minimum atomic E-state index is -0.509. The van der Waals surface area contributed by atoms with Gasteiger partial charge in [0.15, 0.2) is 0 Å². The topological polar surface area (TPSA) is 92.1 Å². The Morgan fingerprint density at radius 2 is 2.04 bits per heavy atom. The van der Waals surface area contributed by atoms with Crippen LogP contribution in [0.15, 0.2) is 41.4 Å². The molecule has 7 heteroatoms. The van der Waals surface area contributed by atoms with Crippen molar-refractivity contribution in [1.29, 1.82) is 5.26 Å². The molecular formula is C20H21N3O3S. The Kier molecular flexibility index (Phi) is 7.38. The number of hydrogen-bond acceptors (Lipinski definition) is 6. The maximum atomic E-state index is 12.2. The lowest BCUT2D eigenvalue weighted by molar-refractivity contribution is -0.119. The second-order valence-corrected chi connectivity index (χ2v) is 6.76. The Balaban J connectivity index is 2.04. The van der Waals surface area contributed by atoms with Crippen LogP contribution in [0.1, 0.15) is 47.1 Å². The molecule has 27 heavy (non-hydrogen) atoms. The van der Waals surface area contributed by atoms with E-state index in [0.717, 1.165) is 5.56 Å². The number of aromatic nitrogens is 1. The number of pyridine rings is 1. The third-order valence-corrected chi connectivity index (χ3v) is 4.80. The molecule has 0 aliphatic heterocycles. The zero-order chi connectivity index (χ0) is 19.8. The predicted octanol–water partition coefficient (Wildman–Crippen LogP) is 3.41. The lowest BCUT2D eigenvalue weighted by Gasteiger charge is -2.14. The van der Waals surface area contributed by atoms with Gasteiger partial charge in [0, 0.05) is 0 Å². The summed E-state index contributed by atoms with van der Waals surface area (Å²) < 4.78 is 4.97. The number of rotatable bonds is 7. The first-order valence-corrected chi connectivity index (χ1v) is 9.50. The molecule has 2 aromatic rings. The van der Waals surface area contributed by atoms with Crippen LogP contribution in [0, 0.1) is 18.3 Å². The molecule has 1 unspecified atom stereocenters. The van der Waals surface area contributed by atoms with Crippen molar-refractivity contribution in [2.75, 3.05) is 12.4 Å². The normalized spacial score (nSPS) is 11.3. The van der Waals surface area contributed by atoms with Crippen molar-refractivity contribution < 1.29 is 14.3 Å². The molecule has 1 N–H and O–H groups in total. The number of nitrogens with zero attached hydrogens (tertiary/aromatic N) is 2. The minimum absolute atomic E-state index is 0.115. The summed E-state index contributed by atoms with van der Waals surface area (Å²) in [6.07, 6.45) is 0. The Morgan fingerprint density at radius 1 is 1.33 bits per heavy atom. The molecule has 0 radical (unpaired) electrons. The van der Waals surface area contributed by atoms with Gasteiger partial charge in [-0.1, -0.05) is 42.1 Å². The van der Waals surface area contributed by atoms with Gasteiger partial charge in [-0.05, 0) is 32.4 Å². The molecule has 0 aliphatic carbocycles. The largest absolute Gasteiger partial charge is 0.462 e. The van der Waals surface area contributed by atoms with Gasteiger partial charge in [-0.15, -0.1) is 0 Å². The number of esters is 1. The third kappa shape index (κ3) is 5.56. The molecule has 0 bridgehead atoms. The fourth-order valence-corrected chi connectivity index (χ4v) is 3.24. The second kappa shape index (κ2) is 9.74. The van der Waals surface area contributed by atoms with Gasteiger partial charge in [0.1, 0.15) is 11.1 Å². The lowest BCUT2D eigenvalue weighted by atomic mass is 10.1. The first-order chi connectivity index (χ1) is 13.0. The molecule has 1 aromatic carbocycles. The first-order valence-electron chi connectivity index (χ1n) is 8.52. The zero-order valence-electron chi connectivity index (χ0n) is 15.5. The highest BCUT2D eigenvalue weighted by atomic mass is 32.2. The van der Waals surface area contributed by atoms with Crippen LogP contribution in [0.2, 0.25) is 0 Å². The molecule has 0 fully saturated rings. The van der Waals surface area contributed by atoms with Gasteiger partial charge in [-0.2, -0.15) is 5.26 Å². The molecule has 0 spiro atoms. The Bertz CT molecular complexity index is 863. The van der Waals surface area contributed by atoms with E-state index in [2.05, 4.69) is 10.3 Å². The molecule has 6 nitrogen and oxygen atoms in total. The van der Waals surface area contributed by atoms with Crippen LogP contribution in [0.5, 0.6) is 0 Å². The van der Waals surface area contributed by atoms with Crippen molar-refractivity contribution in [3.63, 3.8) is 0 Å². The van der Waals surface area contributed by atoms with E-state index in [1.54, 1.807) is 13.8 Å². The Morgan fingerprint density at radius 3 is 2.67 bits per heavy atom. The van der Waals surface area contributed by atoms with Gasteiger partial charge in [-0.25, -0.2) is 9.78 Å². The Labute approximate surface area is 162 Å². The van der Waals surface area contributed by atoms with Crippen molar-refractivity contribution in [2.24, 2.45) is 0 Å². The maximum Gasteiger partial charge on any atom is 0.340 e.